The summed E-state index contributed by atoms with van der Waals surface area (Å²) in [5.74, 6) is -0.852. The highest BCUT2D eigenvalue weighted by Gasteiger charge is 2.28. The van der Waals surface area contributed by atoms with Crippen molar-refractivity contribution in [3.63, 3.8) is 0 Å². The lowest BCUT2D eigenvalue weighted by Crippen LogP contribution is -2.30. The maximum Gasteiger partial charge on any atom is 0.337 e. The highest BCUT2D eigenvalue weighted by atomic mass is 16.5. The summed E-state index contributed by atoms with van der Waals surface area (Å²) >= 11 is 0. The zero-order chi connectivity index (χ0) is 28.1. The highest BCUT2D eigenvalue weighted by Crippen LogP contribution is 2.35. The Balaban J connectivity index is 1.64. The Kier molecular flexibility index (Phi) is 8.55. The van der Waals surface area contributed by atoms with Crippen molar-refractivity contribution in [3.05, 3.63) is 86.5 Å². The summed E-state index contributed by atoms with van der Waals surface area (Å²) in [5, 5.41) is 10.7. The lowest BCUT2D eigenvalue weighted by molar-refractivity contribution is -0.140. The summed E-state index contributed by atoms with van der Waals surface area (Å²) < 4.78 is 26.5. The van der Waals surface area contributed by atoms with E-state index >= 15 is 0 Å². The van der Waals surface area contributed by atoms with Crippen molar-refractivity contribution in [1.82, 2.24) is 4.90 Å². The standard InChI is InChI=1S/C29H31NO9/c1-35-24-11-19-9-10-30(15-20(19)12-25(24)36-2)16-21-13-23(31)27(33)28(39-21)22(14-26(32)37-3)17-5-7-18(8-6-17)29(34)38-4/h5-8,11-13,22,33H,9-10,14-16H2,1-4H3. The van der Waals surface area contributed by atoms with Crippen molar-refractivity contribution < 1.29 is 38.1 Å². The van der Waals surface area contributed by atoms with Crippen LogP contribution in [-0.4, -0.2) is 56.9 Å². The molecule has 1 N–H and O–H groups in total. The molecule has 0 fully saturated rings. The third-order valence-electron chi connectivity index (χ3n) is 6.83. The molecule has 0 bridgehead atoms. The van der Waals surface area contributed by atoms with Crippen molar-refractivity contribution in [1.29, 1.82) is 0 Å². The molecule has 0 spiro atoms. The van der Waals surface area contributed by atoms with E-state index in [9.17, 15) is 19.5 Å². The van der Waals surface area contributed by atoms with Crippen molar-refractivity contribution in [2.45, 2.75) is 31.8 Å². The quantitative estimate of drug-likeness (QED) is 0.406. The second-order valence-electron chi connectivity index (χ2n) is 9.17. The molecule has 4 rings (SSSR count). The largest absolute Gasteiger partial charge is 0.502 e. The Morgan fingerprint density at radius 2 is 1.64 bits per heavy atom. The first-order valence-electron chi connectivity index (χ1n) is 12.3. The van der Waals surface area contributed by atoms with Gasteiger partial charge in [-0.05, 0) is 47.4 Å². The molecule has 1 aliphatic heterocycles. The average molecular weight is 538 g/mol. The molecule has 10 heteroatoms. The Morgan fingerprint density at radius 3 is 2.26 bits per heavy atom. The zero-order valence-corrected chi connectivity index (χ0v) is 22.3. The van der Waals surface area contributed by atoms with Crippen LogP contribution < -0.4 is 14.9 Å². The Labute approximate surface area is 225 Å². The number of esters is 2. The summed E-state index contributed by atoms with van der Waals surface area (Å²) in [5.41, 5.74) is 2.49. The third kappa shape index (κ3) is 6.06. The van der Waals surface area contributed by atoms with Crippen LogP contribution in [0.5, 0.6) is 17.2 Å². The van der Waals surface area contributed by atoms with Gasteiger partial charge in [-0.3, -0.25) is 14.5 Å². The summed E-state index contributed by atoms with van der Waals surface area (Å²) in [6, 6.07) is 11.5. The van der Waals surface area contributed by atoms with Crippen molar-refractivity contribution in [2.24, 2.45) is 0 Å². The number of methoxy groups -OCH3 is 4. The van der Waals surface area contributed by atoms with Crippen molar-refractivity contribution in [3.8, 4) is 17.2 Å². The van der Waals surface area contributed by atoms with Crippen molar-refractivity contribution >= 4 is 11.9 Å². The summed E-state index contributed by atoms with van der Waals surface area (Å²) in [6.45, 7) is 1.61. The fourth-order valence-corrected chi connectivity index (χ4v) is 4.75. The smallest absolute Gasteiger partial charge is 0.337 e. The molecule has 1 unspecified atom stereocenters. The topological polar surface area (TPSA) is 125 Å². The molecule has 0 saturated carbocycles. The Morgan fingerprint density at radius 1 is 0.974 bits per heavy atom. The normalized spacial score (nSPS) is 13.7. The minimum Gasteiger partial charge on any atom is -0.502 e. The number of carbonyl (C=O) groups excluding carboxylic acids is 2. The maximum atomic E-state index is 12.8. The second kappa shape index (κ2) is 12.0. The molecule has 0 saturated heterocycles. The van der Waals surface area contributed by atoms with E-state index in [-0.39, 0.29) is 12.2 Å². The van der Waals surface area contributed by atoms with Gasteiger partial charge in [-0.15, -0.1) is 0 Å². The van der Waals surface area contributed by atoms with E-state index in [1.165, 1.54) is 20.3 Å². The van der Waals surface area contributed by atoms with E-state index in [0.717, 1.165) is 17.5 Å². The first-order valence-corrected chi connectivity index (χ1v) is 12.3. The molecular formula is C29H31NO9. The number of ether oxygens (including phenoxy) is 4. The predicted molar refractivity (Wildman–Crippen MR) is 140 cm³/mol. The molecule has 39 heavy (non-hydrogen) atoms. The third-order valence-corrected chi connectivity index (χ3v) is 6.83. The van der Waals surface area contributed by atoms with E-state index in [4.69, 9.17) is 23.4 Å². The Bertz CT molecular complexity index is 1410. The molecule has 1 aliphatic rings. The van der Waals surface area contributed by atoms with Crippen LogP contribution in [0.3, 0.4) is 0 Å². The molecule has 0 aliphatic carbocycles. The van der Waals surface area contributed by atoms with Gasteiger partial charge in [0, 0.05) is 19.2 Å². The molecule has 3 aromatic rings. The molecular weight excluding hydrogens is 506 g/mol. The molecule has 206 valence electrons. The van der Waals surface area contributed by atoms with Crippen LogP contribution in [0, 0.1) is 0 Å². The summed E-state index contributed by atoms with van der Waals surface area (Å²) in [4.78, 5) is 39.0. The summed E-state index contributed by atoms with van der Waals surface area (Å²) in [7, 11) is 5.73. The van der Waals surface area contributed by atoms with Gasteiger partial charge in [0.1, 0.15) is 5.76 Å². The van der Waals surface area contributed by atoms with Gasteiger partial charge < -0.3 is 28.5 Å². The number of hydrogen-bond acceptors (Lipinski definition) is 10. The van der Waals surface area contributed by atoms with Crippen LogP contribution in [0.4, 0.5) is 0 Å². The number of benzene rings is 2. The SMILES string of the molecule is COC(=O)CC(c1ccc(C(=O)OC)cc1)c1oc(CN2CCc3cc(OC)c(OC)cc3C2)cc(=O)c1O. The lowest BCUT2D eigenvalue weighted by Gasteiger charge is -2.29. The predicted octanol–water partition coefficient (Wildman–Crippen LogP) is 3.40. The van der Waals surface area contributed by atoms with Crippen LogP contribution >= 0.6 is 0 Å². The molecule has 2 aromatic carbocycles. The van der Waals surface area contributed by atoms with Gasteiger partial charge in [-0.2, -0.15) is 0 Å². The highest BCUT2D eigenvalue weighted by molar-refractivity contribution is 5.89. The fraction of sp³-hybridized carbons (Fsp3) is 0.345. The number of rotatable bonds is 9. The molecule has 1 atom stereocenters. The van der Waals surface area contributed by atoms with E-state index in [1.807, 2.05) is 12.1 Å². The number of aromatic hydroxyl groups is 1. The van der Waals surface area contributed by atoms with Crippen LogP contribution in [-0.2, 0) is 33.8 Å². The van der Waals surface area contributed by atoms with Gasteiger partial charge in [0.15, 0.2) is 17.3 Å². The Hall–Kier alpha value is -4.31. The minimum atomic E-state index is -0.824. The maximum absolute atomic E-state index is 12.8. The first kappa shape index (κ1) is 27.7. The first-order chi connectivity index (χ1) is 18.8. The van der Waals surface area contributed by atoms with Crippen molar-refractivity contribution in [2.75, 3.05) is 35.0 Å². The van der Waals surface area contributed by atoms with Gasteiger partial charge in [0.05, 0.1) is 52.9 Å². The van der Waals surface area contributed by atoms with Crippen LogP contribution in [0.25, 0.3) is 0 Å². The molecule has 2 heterocycles. The van der Waals surface area contributed by atoms with Gasteiger partial charge >= 0.3 is 11.9 Å². The van der Waals surface area contributed by atoms with E-state index in [2.05, 4.69) is 4.90 Å². The van der Waals surface area contributed by atoms with Gasteiger partial charge in [-0.1, -0.05) is 12.1 Å². The van der Waals surface area contributed by atoms with Gasteiger partial charge in [0.25, 0.3) is 0 Å². The number of nitrogens with zero attached hydrogens (tertiary/aromatic N) is 1. The number of carbonyl (C=O) groups is 2. The minimum absolute atomic E-state index is 0.0440. The van der Waals surface area contributed by atoms with Crippen LogP contribution in [0.2, 0.25) is 0 Å². The van der Waals surface area contributed by atoms with Gasteiger partial charge in [0.2, 0.25) is 11.2 Å². The zero-order valence-electron chi connectivity index (χ0n) is 22.3. The number of hydrogen-bond donors (Lipinski definition) is 1. The lowest BCUT2D eigenvalue weighted by atomic mass is 9.91. The molecule has 1 aromatic heterocycles. The van der Waals surface area contributed by atoms with E-state index in [1.54, 1.807) is 38.5 Å². The van der Waals surface area contributed by atoms with Crippen LogP contribution in [0.1, 0.15) is 50.9 Å². The molecule has 0 radical (unpaired) electrons. The second-order valence-corrected chi connectivity index (χ2v) is 9.17. The molecule has 10 nitrogen and oxygen atoms in total. The van der Waals surface area contributed by atoms with E-state index < -0.39 is 29.0 Å². The van der Waals surface area contributed by atoms with E-state index in [0.29, 0.717) is 48.0 Å². The number of fused-ring (bicyclic) bond motifs is 1. The summed E-state index contributed by atoms with van der Waals surface area (Å²) in [6.07, 6.45) is 0.578. The fourth-order valence-electron chi connectivity index (χ4n) is 4.75. The average Bonchev–Trinajstić information content (AvgIpc) is 2.96. The monoisotopic (exact) mass is 537 g/mol. The van der Waals surface area contributed by atoms with Crippen LogP contribution in [0.15, 0.2) is 51.7 Å². The molecule has 0 amide bonds. The van der Waals surface area contributed by atoms with Gasteiger partial charge in [-0.25, -0.2) is 4.79 Å².